The van der Waals surface area contributed by atoms with Gasteiger partial charge in [-0.25, -0.2) is 0 Å². The summed E-state index contributed by atoms with van der Waals surface area (Å²) in [5.41, 5.74) is 0. The van der Waals surface area contributed by atoms with E-state index < -0.39 is 0 Å². The molecule has 0 heterocycles. The van der Waals surface area contributed by atoms with Crippen LogP contribution < -0.4 is 44.6 Å². The minimum Gasteiger partial charge on any atom is -1.00 e. The number of hydrogen-bond acceptors (Lipinski definition) is 0. The Morgan fingerprint density at radius 3 is 0.824 bits per heavy atom. The molecule has 0 nitrogen and oxygen atoms in total. The largest absolute Gasteiger partial charge is 2.00 e. The maximum atomic E-state index is 4.34. The van der Waals surface area contributed by atoms with Gasteiger partial charge in [-0.15, -0.1) is 10.3 Å². The second-order valence-electron chi connectivity index (χ2n) is 11.3. The van der Waals surface area contributed by atoms with Gasteiger partial charge in [-0.1, -0.05) is 146 Å². The first kappa shape index (κ1) is 42.7. The Balaban J connectivity index is -0.000000237. The first-order valence-electron chi connectivity index (χ1n) is 10.9. The quantitative estimate of drug-likeness (QED) is 0.253. The summed E-state index contributed by atoms with van der Waals surface area (Å²) >= 11 is 0. The van der Waals surface area contributed by atoms with Crippen LogP contribution in [0.1, 0.15) is 69.2 Å². The Kier molecular flexibility index (Phi) is 21.6. The molecule has 6 heteroatoms. The molecule has 2 unspecified atom stereocenters. The van der Waals surface area contributed by atoms with Gasteiger partial charge >= 0.3 is 40.8 Å². The molecule has 0 saturated heterocycles. The van der Waals surface area contributed by atoms with Crippen molar-refractivity contribution < 1.29 is 74.8 Å². The van der Waals surface area contributed by atoms with E-state index in [9.17, 15) is 0 Å². The zero-order valence-corrected chi connectivity index (χ0v) is 30.5. The van der Waals surface area contributed by atoms with Crippen molar-refractivity contribution in [3.05, 3.63) is 74.5 Å². The van der Waals surface area contributed by atoms with Gasteiger partial charge in [-0.2, -0.15) is 0 Å². The van der Waals surface area contributed by atoms with E-state index in [1.165, 1.54) is 10.6 Å². The number of hydrogen-bond donors (Lipinski definition) is 0. The molecule has 0 fully saturated rings. The second kappa shape index (κ2) is 17.2. The van der Waals surface area contributed by atoms with Gasteiger partial charge in [-0.3, -0.25) is 0 Å². The Hall–Kier alpha value is 1.58. The van der Waals surface area contributed by atoms with Gasteiger partial charge < -0.3 is 47.8 Å². The Bertz CT molecular complexity index is 662. The molecule has 0 aliphatic heterocycles. The first-order valence-corrected chi connectivity index (χ1v) is 13.6. The summed E-state index contributed by atoms with van der Waals surface area (Å²) in [4.78, 5) is 0. The van der Waals surface area contributed by atoms with E-state index in [-0.39, 0.29) is 101 Å². The molecule has 0 N–H and O–H groups in total. The Morgan fingerprint density at radius 2 is 0.676 bits per heavy atom. The van der Waals surface area contributed by atoms with Crippen LogP contribution in [0.3, 0.4) is 0 Å². The van der Waals surface area contributed by atoms with Crippen molar-refractivity contribution in [2.24, 2.45) is 0 Å². The summed E-state index contributed by atoms with van der Waals surface area (Å²) in [5.74, 6) is 0. The molecule has 2 aromatic rings. The van der Waals surface area contributed by atoms with Crippen molar-refractivity contribution in [3.63, 3.8) is 0 Å². The SMILES string of the molecule is [Br-].[Br-].[CH2-]C(C)(C)P(c1ccccc1)C(C)(C)C.[CH2-]C(C)(C)P(c1ccccc1)C(C)(C)C.[Pd+2].[Pd+2]. The maximum absolute atomic E-state index is 4.34. The molecule has 0 saturated carbocycles. The molecule has 0 aromatic heterocycles. The van der Waals surface area contributed by atoms with E-state index in [4.69, 9.17) is 0 Å². The van der Waals surface area contributed by atoms with Crippen LogP contribution >= 0.6 is 15.8 Å². The van der Waals surface area contributed by atoms with Gasteiger partial charge in [0.05, 0.1) is 0 Å². The van der Waals surface area contributed by atoms with Crippen molar-refractivity contribution in [2.75, 3.05) is 0 Å². The molecule has 0 bridgehead atoms. The van der Waals surface area contributed by atoms with E-state index >= 15 is 0 Å². The van der Waals surface area contributed by atoms with Gasteiger partial charge in [0.2, 0.25) is 0 Å². The zero-order chi connectivity index (χ0) is 23.4. The summed E-state index contributed by atoms with van der Waals surface area (Å²) in [7, 11) is -0.498. The van der Waals surface area contributed by atoms with Crippen molar-refractivity contribution in [1.82, 2.24) is 0 Å². The molecule has 0 amide bonds. The van der Waals surface area contributed by atoms with Crippen LogP contribution in [0.4, 0.5) is 0 Å². The molecule has 0 aliphatic rings. The molecule has 0 spiro atoms. The van der Waals surface area contributed by atoms with E-state index in [2.05, 4.69) is 144 Å². The Morgan fingerprint density at radius 1 is 0.471 bits per heavy atom. The average Bonchev–Trinajstić information content (AvgIpc) is 2.52. The number of halogens is 2. The Labute approximate surface area is 263 Å². The topological polar surface area (TPSA) is 0 Å². The van der Waals surface area contributed by atoms with Crippen LogP contribution in [0.25, 0.3) is 0 Å². The average molecular weight is 815 g/mol. The van der Waals surface area contributed by atoms with Crippen LogP contribution in [0.15, 0.2) is 60.7 Å². The van der Waals surface area contributed by atoms with Gasteiger partial charge in [0, 0.05) is 0 Å². The van der Waals surface area contributed by atoms with E-state index in [1.54, 1.807) is 0 Å². The fourth-order valence-corrected chi connectivity index (χ4v) is 12.0. The molecule has 200 valence electrons. The monoisotopic (exact) mass is 812 g/mol. The molecule has 0 radical (unpaired) electrons. The van der Waals surface area contributed by atoms with E-state index in [0.717, 1.165) is 0 Å². The predicted octanol–water partition coefficient (Wildman–Crippen LogP) is 2.41. The molecule has 34 heavy (non-hydrogen) atoms. The molecule has 2 atom stereocenters. The fourth-order valence-electron chi connectivity index (χ4n) is 4.44. The molecule has 2 aromatic carbocycles. The summed E-state index contributed by atoms with van der Waals surface area (Å²) in [6.45, 7) is 31.6. The summed E-state index contributed by atoms with van der Waals surface area (Å²) in [6.07, 6.45) is 0. The van der Waals surface area contributed by atoms with Crippen LogP contribution in [0, 0.1) is 13.8 Å². The summed E-state index contributed by atoms with van der Waals surface area (Å²) in [6, 6.07) is 21.6. The van der Waals surface area contributed by atoms with Crippen molar-refractivity contribution in [1.29, 1.82) is 0 Å². The van der Waals surface area contributed by atoms with Gasteiger partial charge in [0.15, 0.2) is 0 Å². The minimum atomic E-state index is -0.249. The first-order chi connectivity index (χ1) is 13.5. The molecular weight excluding hydrogens is 771 g/mol. The smallest absolute Gasteiger partial charge is 1.00 e. The normalized spacial score (nSPS) is 13.3. The van der Waals surface area contributed by atoms with Crippen LogP contribution in [-0.4, -0.2) is 20.6 Å². The summed E-state index contributed by atoms with van der Waals surface area (Å²) < 4.78 is 0. The van der Waals surface area contributed by atoms with Crippen LogP contribution in [0.2, 0.25) is 0 Å². The second-order valence-corrected chi connectivity index (χ2v) is 18.8. The third-order valence-corrected chi connectivity index (χ3v) is 11.3. The predicted molar refractivity (Wildman–Crippen MR) is 144 cm³/mol. The molecule has 2 rings (SSSR count). The fraction of sp³-hybridized carbons (Fsp3) is 0.500. The van der Waals surface area contributed by atoms with Crippen LogP contribution in [-0.2, 0) is 40.8 Å². The number of rotatable bonds is 4. The third-order valence-electron chi connectivity index (χ3n) is 4.58. The van der Waals surface area contributed by atoms with Crippen molar-refractivity contribution in [2.45, 2.75) is 89.9 Å². The van der Waals surface area contributed by atoms with Crippen molar-refractivity contribution >= 4 is 26.5 Å². The number of benzene rings is 2. The standard InChI is InChI=1S/2C14H22P.2BrH.2Pd/c2*1-13(2,3)15(14(4,5)6)12-10-8-7-9-11-12;;;;/h2*7-11H,1H2,2-6H3;2*1H;;/q2*-1;;;2*+2/p-2. The van der Waals surface area contributed by atoms with Crippen LogP contribution in [0.5, 0.6) is 0 Å². The van der Waals surface area contributed by atoms with Crippen molar-refractivity contribution in [3.8, 4) is 0 Å². The van der Waals surface area contributed by atoms with E-state index in [0.29, 0.717) is 10.3 Å². The zero-order valence-electron chi connectivity index (χ0n) is 22.5. The molecule has 0 aliphatic carbocycles. The van der Waals surface area contributed by atoms with Gasteiger partial charge in [0.1, 0.15) is 0 Å². The van der Waals surface area contributed by atoms with Gasteiger partial charge in [0.25, 0.3) is 0 Å². The molecular formula is C28H44Br2P2Pd2. The maximum Gasteiger partial charge on any atom is 2.00 e. The third kappa shape index (κ3) is 14.5. The summed E-state index contributed by atoms with van der Waals surface area (Å²) in [5, 5.41) is 3.77. The van der Waals surface area contributed by atoms with Gasteiger partial charge in [-0.05, 0) is 20.9 Å². The minimum absolute atomic E-state index is 0. The van der Waals surface area contributed by atoms with E-state index in [1.807, 2.05) is 0 Å².